The molecule has 4 aromatic carbocycles. The summed E-state index contributed by atoms with van der Waals surface area (Å²) in [6, 6.07) is 27.7. The van der Waals surface area contributed by atoms with Crippen LogP contribution < -0.4 is 19.1 Å². The first-order valence-corrected chi connectivity index (χ1v) is 16.1. The van der Waals surface area contributed by atoms with Gasteiger partial charge >= 0.3 is 0 Å². The lowest BCUT2D eigenvalue weighted by Gasteiger charge is -2.34. The van der Waals surface area contributed by atoms with Crippen LogP contribution in [0.4, 0.5) is 5.69 Å². The number of rotatable bonds is 14. The highest BCUT2D eigenvalue weighted by Gasteiger charge is 2.34. The minimum absolute atomic E-state index is 0.0295. The fourth-order valence-electron chi connectivity index (χ4n) is 4.82. The molecule has 1 atom stereocenters. The highest BCUT2D eigenvalue weighted by atomic mass is 35.5. The lowest BCUT2D eigenvalue weighted by molar-refractivity contribution is -0.140. The second-order valence-electron chi connectivity index (χ2n) is 10.1. The SMILES string of the molecule is CCNC(=O)[C@H](Cc1ccccc1)N(Cc1cccc(OC)c1)C(=O)CN(c1ccc(Cl)cc1)S(=O)(=O)c1ccc(OC)cc1. The number of likely N-dealkylation sites (N-methyl/N-ethyl adjacent to an activating group) is 1. The number of nitrogens with one attached hydrogen (secondary N) is 1. The average molecular weight is 650 g/mol. The van der Waals surface area contributed by atoms with Crippen LogP contribution in [0.5, 0.6) is 11.5 Å². The third-order valence-electron chi connectivity index (χ3n) is 7.15. The summed E-state index contributed by atoms with van der Waals surface area (Å²) in [7, 11) is -1.22. The molecule has 0 heterocycles. The topological polar surface area (TPSA) is 105 Å². The predicted octanol–water partition coefficient (Wildman–Crippen LogP) is 5.33. The van der Waals surface area contributed by atoms with E-state index in [4.69, 9.17) is 21.1 Å². The lowest BCUT2D eigenvalue weighted by Crippen LogP contribution is -2.53. The molecule has 236 valence electrons. The molecule has 0 aliphatic carbocycles. The van der Waals surface area contributed by atoms with E-state index >= 15 is 0 Å². The Labute approximate surface area is 269 Å². The Morgan fingerprint density at radius 1 is 0.822 bits per heavy atom. The number of hydrogen-bond donors (Lipinski definition) is 1. The molecule has 0 radical (unpaired) electrons. The summed E-state index contributed by atoms with van der Waals surface area (Å²) < 4.78 is 39.8. The molecule has 0 aliphatic heterocycles. The molecular formula is C34H36ClN3O6S. The van der Waals surface area contributed by atoms with Crippen molar-refractivity contribution in [1.82, 2.24) is 10.2 Å². The summed E-state index contributed by atoms with van der Waals surface area (Å²) in [4.78, 5) is 29.4. The molecule has 1 N–H and O–H groups in total. The Morgan fingerprint density at radius 2 is 1.47 bits per heavy atom. The van der Waals surface area contributed by atoms with Gasteiger partial charge in [-0.3, -0.25) is 13.9 Å². The molecule has 4 rings (SSSR count). The van der Waals surface area contributed by atoms with Gasteiger partial charge < -0.3 is 19.7 Å². The van der Waals surface area contributed by atoms with E-state index in [9.17, 15) is 18.0 Å². The van der Waals surface area contributed by atoms with Crippen LogP contribution in [0.1, 0.15) is 18.1 Å². The average Bonchev–Trinajstić information content (AvgIpc) is 3.06. The van der Waals surface area contributed by atoms with Crippen LogP contribution in [-0.4, -0.2) is 58.5 Å². The van der Waals surface area contributed by atoms with E-state index in [1.165, 1.54) is 48.4 Å². The number of hydrogen-bond acceptors (Lipinski definition) is 6. The predicted molar refractivity (Wildman–Crippen MR) is 175 cm³/mol. The minimum Gasteiger partial charge on any atom is -0.497 e. The summed E-state index contributed by atoms with van der Waals surface area (Å²) in [5.41, 5.74) is 1.79. The number of methoxy groups -OCH3 is 2. The molecule has 0 fully saturated rings. The smallest absolute Gasteiger partial charge is 0.264 e. The van der Waals surface area contributed by atoms with E-state index in [2.05, 4.69) is 5.32 Å². The molecule has 0 aromatic heterocycles. The van der Waals surface area contributed by atoms with E-state index < -0.39 is 28.5 Å². The summed E-state index contributed by atoms with van der Waals surface area (Å²) >= 11 is 6.12. The van der Waals surface area contributed by atoms with Gasteiger partial charge in [0.15, 0.2) is 0 Å². The molecule has 0 aliphatic rings. The van der Waals surface area contributed by atoms with Crippen molar-refractivity contribution in [3.63, 3.8) is 0 Å². The van der Waals surface area contributed by atoms with E-state index in [0.29, 0.717) is 28.6 Å². The second kappa shape index (κ2) is 15.5. The van der Waals surface area contributed by atoms with Gasteiger partial charge in [0.2, 0.25) is 11.8 Å². The molecule has 45 heavy (non-hydrogen) atoms. The number of amides is 2. The van der Waals surface area contributed by atoms with E-state index in [1.807, 2.05) is 36.4 Å². The first-order chi connectivity index (χ1) is 21.7. The van der Waals surface area contributed by atoms with Crippen LogP contribution in [-0.2, 0) is 32.6 Å². The number of halogens is 1. The number of carbonyl (C=O) groups excluding carboxylic acids is 2. The van der Waals surface area contributed by atoms with Gasteiger partial charge in [0.25, 0.3) is 10.0 Å². The Balaban J connectivity index is 1.80. The minimum atomic E-state index is -4.25. The lowest BCUT2D eigenvalue weighted by atomic mass is 10.0. The van der Waals surface area contributed by atoms with Crippen LogP contribution >= 0.6 is 11.6 Å². The van der Waals surface area contributed by atoms with Gasteiger partial charge in [-0.15, -0.1) is 0 Å². The number of benzene rings is 4. The molecule has 0 saturated carbocycles. The number of ether oxygens (including phenoxy) is 2. The van der Waals surface area contributed by atoms with Crippen LogP contribution in [0, 0.1) is 0 Å². The van der Waals surface area contributed by atoms with Crippen molar-refractivity contribution in [2.24, 2.45) is 0 Å². The third kappa shape index (κ3) is 8.55. The van der Waals surface area contributed by atoms with Gasteiger partial charge in [0.1, 0.15) is 24.1 Å². The Morgan fingerprint density at radius 3 is 2.09 bits per heavy atom. The monoisotopic (exact) mass is 649 g/mol. The maximum absolute atomic E-state index is 14.4. The molecule has 11 heteroatoms. The first kappa shape index (κ1) is 33.4. The zero-order valence-electron chi connectivity index (χ0n) is 25.4. The van der Waals surface area contributed by atoms with Crippen LogP contribution in [0.3, 0.4) is 0 Å². The Bertz CT molecular complexity index is 1680. The van der Waals surface area contributed by atoms with E-state index in [0.717, 1.165) is 9.87 Å². The zero-order valence-corrected chi connectivity index (χ0v) is 26.9. The largest absolute Gasteiger partial charge is 0.497 e. The molecule has 0 bridgehead atoms. The van der Waals surface area contributed by atoms with Crippen LogP contribution in [0.25, 0.3) is 0 Å². The standard InChI is InChI=1S/C34H36ClN3O6S/c1-4-36-34(40)32(22-25-9-6-5-7-10-25)37(23-26-11-8-12-30(21-26)44-3)33(39)24-38(28-15-13-27(35)14-16-28)45(41,42)31-19-17-29(43-2)18-20-31/h5-21,32H,4,22-24H2,1-3H3,(H,36,40)/t32-/m0/s1. The van der Waals surface area contributed by atoms with Crippen molar-refractivity contribution in [3.05, 3.63) is 119 Å². The fraction of sp³-hybridized carbons (Fsp3) is 0.235. The van der Waals surface area contributed by atoms with Crippen LogP contribution in [0.2, 0.25) is 5.02 Å². The van der Waals surface area contributed by atoms with Crippen molar-refractivity contribution in [1.29, 1.82) is 0 Å². The number of anilines is 1. The maximum atomic E-state index is 14.4. The van der Waals surface area contributed by atoms with Gasteiger partial charge in [0.05, 0.1) is 24.8 Å². The normalized spacial score (nSPS) is 11.7. The van der Waals surface area contributed by atoms with Gasteiger partial charge in [-0.25, -0.2) is 8.42 Å². The molecule has 0 spiro atoms. The fourth-order valence-corrected chi connectivity index (χ4v) is 6.36. The van der Waals surface area contributed by atoms with Crippen molar-refractivity contribution in [3.8, 4) is 11.5 Å². The van der Waals surface area contributed by atoms with Crippen molar-refractivity contribution < 1.29 is 27.5 Å². The molecule has 4 aromatic rings. The Kier molecular flexibility index (Phi) is 11.5. The molecule has 0 saturated heterocycles. The molecular weight excluding hydrogens is 614 g/mol. The first-order valence-electron chi connectivity index (χ1n) is 14.3. The summed E-state index contributed by atoms with van der Waals surface area (Å²) in [6.45, 7) is 1.61. The number of sulfonamides is 1. The van der Waals surface area contributed by atoms with E-state index in [-0.39, 0.29) is 29.5 Å². The van der Waals surface area contributed by atoms with Gasteiger partial charge in [0, 0.05) is 24.5 Å². The summed E-state index contributed by atoms with van der Waals surface area (Å²) in [5.74, 6) is 0.145. The highest BCUT2D eigenvalue weighted by Crippen LogP contribution is 2.27. The van der Waals surface area contributed by atoms with Gasteiger partial charge in [-0.2, -0.15) is 0 Å². The van der Waals surface area contributed by atoms with Crippen LogP contribution in [0.15, 0.2) is 108 Å². The van der Waals surface area contributed by atoms with Crippen molar-refractivity contribution >= 4 is 39.1 Å². The highest BCUT2D eigenvalue weighted by molar-refractivity contribution is 7.92. The molecule has 2 amide bonds. The van der Waals surface area contributed by atoms with Crippen molar-refractivity contribution in [2.45, 2.75) is 30.8 Å². The second-order valence-corrected chi connectivity index (χ2v) is 12.4. The van der Waals surface area contributed by atoms with Crippen molar-refractivity contribution in [2.75, 3.05) is 31.6 Å². The van der Waals surface area contributed by atoms with Gasteiger partial charge in [-0.05, 0) is 78.7 Å². The number of nitrogens with zero attached hydrogens (tertiary/aromatic N) is 2. The number of carbonyl (C=O) groups is 2. The Hall–Kier alpha value is -4.54. The van der Waals surface area contributed by atoms with Gasteiger partial charge in [-0.1, -0.05) is 54.1 Å². The summed E-state index contributed by atoms with van der Waals surface area (Å²) in [6.07, 6.45) is 0.217. The zero-order chi connectivity index (χ0) is 32.4. The molecule has 0 unspecified atom stereocenters. The molecule has 9 nitrogen and oxygen atoms in total. The third-order valence-corrected chi connectivity index (χ3v) is 9.19. The van der Waals surface area contributed by atoms with E-state index in [1.54, 1.807) is 44.4 Å². The summed E-state index contributed by atoms with van der Waals surface area (Å²) in [5, 5.41) is 3.26. The quantitative estimate of drug-likeness (QED) is 0.198. The maximum Gasteiger partial charge on any atom is 0.264 e.